The quantitative estimate of drug-likeness (QED) is 0.260. The van der Waals surface area contributed by atoms with Crippen LogP contribution >= 0.6 is 0 Å². The van der Waals surface area contributed by atoms with Crippen molar-refractivity contribution in [3.05, 3.63) is 11.1 Å². The van der Waals surface area contributed by atoms with E-state index in [4.69, 9.17) is 14.2 Å². The minimum absolute atomic E-state index is 0.0322. The number of aliphatic hydroxyl groups is 4. The highest BCUT2D eigenvalue weighted by Gasteiger charge is 2.78. The predicted molar refractivity (Wildman–Crippen MR) is 145 cm³/mol. The highest BCUT2D eigenvalue weighted by molar-refractivity contribution is 5.89. The second kappa shape index (κ2) is 10.1. The first-order valence-electron chi connectivity index (χ1n) is 15.0. The molecule has 1 saturated heterocycles. The molecular formula is C31H46O10. The lowest BCUT2D eigenvalue weighted by Crippen LogP contribution is -2.74. The third-order valence-corrected chi connectivity index (χ3v) is 11.9. The van der Waals surface area contributed by atoms with Crippen LogP contribution < -0.4 is 0 Å². The summed E-state index contributed by atoms with van der Waals surface area (Å²) in [6.45, 7) is 8.19. The van der Waals surface area contributed by atoms with E-state index in [9.17, 15) is 34.8 Å². The van der Waals surface area contributed by atoms with Gasteiger partial charge in [-0.25, -0.2) is 4.79 Å². The Kier molecular flexibility index (Phi) is 7.55. The monoisotopic (exact) mass is 578 g/mol. The fourth-order valence-electron chi connectivity index (χ4n) is 9.09. The third kappa shape index (κ3) is 4.51. The molecule has 5 rings (SSSR count). The number of aliphatic hydroxyl groups excluding tert-OH is 1. The molecule has 4 fully saturated rings. The molecule has 0 aromatic heterocycles. The summed E-state index contributed by atoms with van der Waals surface area (Å²) in [5.74, 6) is -1.97. The van der Waals surface area contributed by atoms with Crippen LogP contribution in [0.25, 0.3) is 0 Å². The smallest absolute Gasteiger partial charge is 0.334 e. The number of Topliss-reactive ketones (excluding diaryl/α,β-unsaturated/α-hetero) is 1. The second-order valence-electron chi connectivity index (χ2n) is 14.0. The van der Waals surface area contributed by atoms with E-state index in [2.05, 4.69) is 0 Å². The molecule has 41 heavy (non-hydrogen) atoms. The second-order valence-corrected chi connectivity index (χ2v) is 14.0. The van der Waals surface area contributed by atoms with Crippen molar-refractivity contribution in [2.45, 2.75) is 128 Å². The SMILES string of the molecule is CC(=O)OC[C@]12CCC([C@]3(C)C[C@H](O)CCC3=O)[C@@H](C[C@@H]3CO3)[C@]1(O)CC[C@@]2(O)C(C)(O)C1CC(C)=C(C)C(=O)O1. The van der Waals surface area contributed by atoms with Crippen LogP contribution in [0.3, 0.4) is 0 Å². The first-order chi connectivity index (χ1) is 19.0. The number of hydrogen-bond donors (Lipinski definition) is 4. The summed E-state index contributed by atoms with van der Waals surface area (Å²) in [6.07, 6.45) is 0.372. The van der Waals surface area contributed by atoms with E-state index in [0.29, 0.717) is 31.4 Å². The number of esters is 2. The van der Waals surface area contributed by atoms with E-state index in [1.807, 2.05) is 6.92 Å². The molecule has 0 aromatic rings. The van der Waals surface area contributed by atoms with E-state index in [0.717, 1.165) is 5.57 Å². The Morgan fingerprint density at radius 2 is 1.83 bits per heavy atom. The van der Waals surface area contributed by atoms with Gasteiger partial charge in [0.05, 0.1) is 29.8 Å². The highest BCUT2D eigenvalue weighted by atomic mass is 16.6. The van der Waals surface area contributed by atoms with Crippen molar-refractivity contribution in [2.75, 3.05) is 13.2 Å². The van der Waals surface area contributed by atoms with Gasteiger partial charge in [-0.2, -0.15) is 0 Å². The minimum atomic E-state index is -2.01. The normalized spacial score (nSPS) is 46.0. The lowest BCUT2D eigenvalue weighted by Gasteiger charge is -2.62. The Hall–Kier alpha value is -1.85. The zero-order valence-electron chi connectivity index (χ0n) is 24.9. The molecule has 3 aliphatic carbocycles. The van der Waals surface area contributed by atoms with Crippen LogP contribution in [0.5, 0.6) is 0 Å². The van der Waals surface area contributed by atoms with E-state index in [1.165, 1.54) is 13.8 Å². The van der Waals surface area contributed by atoms with Gasteiger partial charge in [-0.15, -0.1) is 0 Å². The van der Waals surface area contributed by atoms with Crippen molar-refractivity contribution in [1.82, 2.24) is 0 Å². The van der Waals surface area contributed by atoms with Crippen molar-refractivity contribution in [3.63, 3.8) is 0 Å². The highest BCUT2D eigenvalue weighted by Crippen LogP contribution is 2.69. The van der Waals surface area contributed by atoms with E-state index >= 15 is 0 Å². The van der Waals surface area contributed by atoms with Gasteiger partial charge in [0.1, 0.15) is 29.7 Å². The van der Waals surface area contributed by atoms with Crippen LogP contribution in [-0.4, -0.2) is 86.5 Å². The number of fused-ring (bicyclic) bond motifs is 1. The Bertz CT molecular complexity index is 1140. The molecule has 0 radical (unpaired) electrons. The molecule has 0 amide bonds. The first-order valence-corrected chi connectivity index (χ1v) is 15.0. The average Bonchev–Trinajstić information content (AvgIpc) is 3.68. The van der Waals surface area contributed by atoms with Gasteiger partial charge in [-0.3, -0.25) is 9.59 Å². The summed E-state index contributed by atoms with van der Waals surface area (Å²) in [7, 11) is 0. The van der Waals surface area contributed by atoms with E-state index < -0.39 is 57.7 Å². The summed E-state index contributed by atoms with van der Waals surface area (Å²) in [4.78, 5) is 38.3. The molecule has 10 nitrogen and oxygen atoms in total. The molecule has 3 unspecified atom stereocenters. The zero-order valence-corrected chi connectivity index (χ0v) is 24.9. The number of epoxide rings is 1. The molecule has 0 aromatic carbocycles. The standard InChI is InChI=1S/C31H46O10/c1-17-12-25(41-26(35)18(17)2)28(5,36)31(38)11-10-30(37)23(13-21-15-39-21)22(8-9-29(30,31)16-40-19(3)32)27(4)14-20(33)6-7-24(27)34/h20-23,25,33,36-38H,6-16H2,1-5H3/t20-,21-,22?,23-,25?,27+,28?,29-,30-,31-/m1/s1. The summed E-state index contributed by atoms with van der Waals surface area (Å²) in [6, 6.07) is 0. The molecule has 10 heteroatoms. The molecule has 2 heterocycles. The van der Waals surface area contributed by atoms with Gasteiger partial charge in [-0.05, 0) is 77.6 Å². The number of rotatable bonds is 7. The number of ketones is 1. The fraction of sp³-hybridized carbons (Fsp3) is 0.839. The van der Waals surface area contributed by atoms with Crippen LogP contribution in [0.15, 0.2) is 11.1 Å². The summed E-state index contributed by atoms with van der Waals surface area (Å²) < 4.78 is 16.8. The van der Waals surface area contributed by atoms with E-state index in [-0.39, 0.29) is 62.9 Å². The molecule has 230 valence electrons. The number of cyclic esters (lactones) is 1. The molecule has 2 aliphatic heterocycles. The van der Waals surface area contributed by atoms with Crippen molar-refractivity contribution in [2.24, 2.45) is 22.7 Å². The fourth-order valence-corrected chi connectivity index (χ4v) is 9.09. The van der Waals surface area contributed by atoms with Crippen molar-refractivity contribution >= 4 is 17.7 Å². The maximum atomic E-state index is 13.4. The lowest BCUT2D eigenvalue weighted by molar-refractivity contribution is -0.295. The van der Waals surface area contributed by atoms with Crippen LogP contribution in [-0.2, 0) is 28.6 Å². The topological polar surface area (TPSA) is 163 Å². The molecule has 10 atom stereocenters. The van der Waals surface area contributed by atoms with Crippen molar-refractivity contribution in [1.29, 1.82) is 0 Å². The Morgan fingerprint density at radius 1 is 1.15 bits per heavy atom. The van der Waals surface area contributed by atoms with Gasteiger partial charge in [0, 0.05) is 30.8 Å². The molecule has 0 bridgehead atoms. The molecule has 5 aliphatic rings. The van der Waals surface area contributed by atoms with Gasteiger partial charge in [0.2, 0.25) is 0 Å². The van der Waals surface area contributed by atoms with Gasteiger partial charge >= 0.3 is 11.9 Å². The van der Waals surface area contributed by atoms with Crippen molar-refractivity contribution < 1.29 is 49.0 Å². The molecule has 4 N–H and O–H groups in total. The molecule has 0 spiro atoms. The summed E-state index contributed by atoms with van der Waals surface area (Å²) in [5.41, 5.74) is -6.88. The summed E-state index contributed by atoms with van der Waals surface area (Å²) >= 11 is 0. The number of carbonyl (C=O) groups is 3. The number of hydrogen-bond acceptors (Lipinski definition) is 10. The largest absolute Gasteiger partial charge is 0.465 e. The Balaban J connectivity index is 1.61. The Labute approximate surface area is 241 Å². The van der Waals surface area contributed by atoms with Crippen LogP contribution in [0, 0.1) is 22.7 Å². The van der Waals surface area contributed by atoms with Crippen LogP contribution in [0.4, 0.5) is 0 Å². The summed E-state index contributed by atoms with van der Waals surface area (Å²) in [5, 5.41) is 48.4. The lowest BCUT2D eigenvalue weighted by atomic mass is 9.45. The maximum absolute atomic E-state index is 13.4. The van der Waals surface area contributed by atoms with Crippen LogP contribution in [0.1, 0.15) is 92.4 Å². The molecule has 3 saturated carbocycles. The minimum Gasteiger partial charge on any atom is -0.465 e. The van der Waals surface area contributed by atoms with Gasteiger partial charge in [0.15, 0.2) is 0 Å². The van der Waals surface area contributed by atoms with Gasteiger partial charge in [-0.1, -0.05) is 12.5 Å². The van der Waals surface area contributed by atoms with Gasteiger partial charge in [0.25, 0.3) is 0 Å². The molecular weight excluding hydrogens is 532 g/mol. The number of carbonyl (C=O) groups excluding carboxylic acids is 3. The number of ether oxygens (including phenoxy) is 3. The van der Waals surface area contributed by atoms with E-state index in [1.54, 1.807) is 13.8 Å². The van der Waals surface area contributed by atoms with Gasteiger partial charge < -0.3 is 34.6 Å². The average molecular weight is 579 g/mol. The maximum Gasteiger partial charge on any atom is 0.334 e. The van der Waals surface area contributed by atoms with Crippen LogP contribution in [0.2, 0.25) is 0 Å². The third-order valence-electron chi connectivity index (χ3n) is 11.9. The zero-order chi connectivity index (χ0) is 30.2. The Morgan fingerprint density at radius 3 is 2.44 bits per heavy atom. The first kappa shape index (κ1) is 30.6. The van der Waals surface area contributed by atoms with Crippen molar-refractivity contribution in [3.8, 4) is 0 Å². The predicted octanol–water partition coefficient (Wildman–Crippen LogP) is 2.13.